The Bertz CT molecular complexity index is 254. The van der Waals surface area contributed by atoms with Crippen molar-refractivity contribution >= 4 is 0 Å². The molecule has 0 spiro atoms. The number of allylic oxidation sites excluding steroid dienone is 1. The summed E-state index contributed by atoms with van der Waals surface area (Å²) in [4.78, 5) is 0. The maximum absolute atomic E-state index is 5.29. The quantitative estimate of drug-likeness (QED) is 0.611. The Morgan fingerprint density at radius 3 is 2.47 bits per heavy atom. The van der Waals surface area contributed by atoms with Gasteiger partial charge >= 0.3 is 0 Å². The summed E-state index contributed by atoms with van der Waals surface area (Å²) in [5.41, 5.74) is 1.89. The molecule has 1 aliphatic rings. The van der Waals surface area contributed by atoms with Crippen molar-refractivity contribution in [3.8, 4) is 0 Å². The van der Waals surface area contributed by atoms with Crippen LogP contribution in [-0.4, -0.2) is 13.7 Å². The van der Waals surface area contributed by atoms with E-state index in [0.29, 0.717) is 17.3 Å². The van der Waals surface area contributed by atoms with E-state index in [4.69, 9.17) is 4.74 Å². The van der Waals surface area contributed by atoms with Gasteiger partial charge in [-0.1, -0.05) is 46.3 Å². The van der Waals surface area contributed by atoms with Crippen molar-refractivity contribution in [2.45, 2.75) is 53.4 Å². The van der Waals surface area contributed by atoms with Gasteiger partial charge in [-0.15, -0.1) is 0 Å². The smallest absolute Gasteiger partial charge is 0.0493 e. The summed E-state index contributed by atoms with van der Waals surface area (Å²) in [5, 5.41) is 0. The highest BCUT2D eigenvalue weighted by molar-refractivity contribution is 5.10. The second-order valence-corrected chi connectivity index (χ2v) is 6.44. The molecule has 0 saturated heterocycles. The van der Waals surface area contributed by atoms with Crippen LogP contribution in [0.5, 0.6) is 0 Å². The predicted molar refractivity (Wildman–Crippen MR) is 75.1 cm³/mol. The van der Waals surface area contributed by atoms with Gasteiger partial charge in [-0.3, -0.25) is 0 Å². The van der Waals surface area contributed by atoms with Gasteiger partial charge in [0.2, 0.25) is 0 Å². The van der Waals surface area contributed by atoms with Gasteiger partial charge in [0.15, 0.2) is 0 Å². The van der Waals surface area contributed by atoms with Gasteiger partial charge in [-0.05, 0) is 42.4 Å². The Hall–Kier alpha value is -0.300. The molecule has 1 nitrogen and oxygen atoms in total. The molecule has 1 saturated carbocycles. The first-order valence-corrected chi connectivity index (χ1v) is 7.10. The lowest BCUT2D eigenvalue weighted by Crippen LogP contribution is -2.25. The molecule has 0 amide bonds. The van der Waals surface area contributed by atoms with E-state index in [2.05, 4.69) is 34.3 Å². The largest absolute Gasteiger partial charge is 0.384 e. The van der Waals surface area contributed by atoms with Crippen LogP contribution in [0.15, 0.2) is 12.2 Å². The number of rotatable bonds is 6. The van der Waals surface area contributed by atoms with Gasteiger partial charge in [0.25, 0.3) is 0 Å². The van der Waals surface area contributed by atoms with Gasteiger partial charge in [0, 0.05) is 13.7 Å². The highest BCUT2D eigenvalue weighted by atomic mass is 16.5. The van der Waals surface area contributed by atoms with Crippen LogP contribution >= 0.6 is 0 Å². The minimum absolute atomic E-state index is 0.433. The van der Waals surface area contributed by atoms with Gasteiger partial charge in [-0.2, -0.15) is 0 Å². The zero-order valence-corrected chi connectivity index (χ0v) is 12.4. The fraction of sp³-hybridized carbons (Fsp3) is 0.875. The first-order valence-electron chi connectivity index (χ1n) is 7.10. The molecule has 3 atom stereocenters. The van der Waals surface area contributed by atoms with Crippen LogP contribution in [0, 0.1) is 23.2 Å². The average molecular weight is 238 g/mol. The molecule has 17 heavy (non-hydrogen) atoms. The van der Waals surface area contributed by atoms with Crippen molar-refractivity contribution in [2.24, 2.45) is 23.2 Å². The predicted octanol–water partition coefficient (Wildman–Crippen LogP) is 4.68. The maximum atomic E-state index is 5.29. The molecule has 1 fully saturated rings. The molecule has 1 rings (SSSR count). The van der Waals surface area contributed by atoms with Crippen molar-refractivity contribution < 1.29 is 4.74 Å². The zero-order valence-electron chi connectivity index (χ0n) is 12.4. The van der Waals surface area contributed by atoms with Gasteiger partial charge < -0.3 is 4.74 Å². The number of hydrogen-bond donors (Lipinski definition) is 0. The van der Waals surface area contributed by atoms with E-state index < -0.39 is 0 Å². The number of ether oxygens (including phenoxy) is 1. The molecule has 0 aromatic carbocycles. The summed E-state index contributed by atoms with van der Waals surface area (Å²) in [5.74, 6) is 2.19. The Kier molecular flexibility index (Phi) is 5.24. The molecule has 0 radical (unpaired) electrons. The van der Waals surface area contributed by atoms with Crippen LogP contribution in [0.3, 0.4) is 0 Å². The van der Waals surface area contributed by atoms with Gasteiger partial charge in [-0.25, -0.2) is 0 Å². The number of methoxy groups -OCH3 is 1. The van der Waals surface area contributed by atoms with Crippen LogP contribution in [0.1, 0.15) is 53.4 Å². The molecule has 0 aromatic heterocycles. The van der Waals surface area contributed by atoms with E-state index in [1.54, 1.807) is 7.11 Å². The van der Waals surface area contributed by atoms with Gasteiger partial charge in [0.05, 0.1) is 0 Å². The highest BCUT2D eigenvalue weighted by Gasteiger charge is 2.41. The zero-order chi connectivity index (χ0) is 13.1. The second-order valence-electron chi connectivity index (χ2n) is 6.44. The first-order chi connectivity index (χ1) is 7.93. The van der Waals surface area contributed by atoms with Crippen molar-refractivity contribution in [2.75, 3.05) is 13.7 Å². The molecule has 3 unspecified atom stereocenters. The molecule has 1 aliphatic carbocycles. The van der Waals surface area contributed by atoms with E-state index in [1.807, 2.05) is 0 Å². The molecule has 0 N–H and O–H groups in total. The van der Waals surface area contributed by atoms with Crippen molar-refractivity contribution in [3.05, 3.63) is 12.2 Å². The van der Waals surface area contributed by atoms with Crippen molar-refractivity contribution in [1.82, 2.24) is 0 Å². The average Bonchev–Trinajstić information content (AvgIpc) is 2.53. The summed E-state index contributed by atoms with van der Waals surface area (Å²) in [6.45, 7) is 14.7. The Balaban J connectivity index is 2.58. The van der Waals surface area contributed by atoms with Crippen LogP contribution in [0.4, 0.5) is 0 Å². The number of hydrogen-bond acceptors (Lipinski definition) is 1. The maximum Gasteiger partial charge on any atom is 0.0493 e. The van der Waals surface area contributed by atoms with Gasteiger partial charge in [0.1, 0.15) is 0 Å². The fourth-order valence-corrected chi connectivity index (χ4v) is 3.30. The van der Waals surface area contributed by atoms with Crippen LogP contribution in [0.2, 0.25) is 0 Å². The SMILES string of the molecule is C=C(CC(CC)COC)C1CCC(C)C1(C)C. The first kappa shape index (κ1) is 14.8. The van der Waals surface area contributed by atoms with E-state index >= 15 is 0 Å². The standard InChI is InChI=1S/C16H30O/c1-7-14(11-17-6)10-12(2)15-9-8-13(3)16(15,4)5/h13-15H,2,7-11H2,1,3-6H3. The third-order valence-electron chi connectivity index (χ3n) is 5.08. The third kappa shape index (κ3) is 3.34. The van der Waals surface area contributed by atoms with E-state index in [9.17, 15) is 0 Å². The molecule has 0 aliphatic heterocycles. The van der Waals surface area contributed by atoms with E-state index in [1.165, 1.54) is 24.8 Å². The molecule has 0 heterocycles. The highest BCUT2D eigenvalue weighted by Crippen LogP contribution is 2.50. The Morgan fingerprint density at radius 1 is 1.41 bits per heavy atom. The summed E-state index contributed by atoms with van der Waals surface area (Å²) in [7, 11) is 1.80. The third-order valence-corrected chi connectivity index (χ3v) is 5.08. The van der Waals surface area contributed by atoms with Crippen LogP contribution in [-0.2, 0) is 4.74 Å². The van der Waals surface area contributed by atoms with Crippen LogP contribution in [0.25, 0.3) is 0 Å². The Labute approximate surface area is 108 Å². The summed E-state index contributed by atoms with van der Waals surface area (Å²) < 4.78 is 5.29. The lowest BCUT2D eigenvalue weighted by atomic mass is 9.72. The molecule has 100 valence electrons. The minimum atomic E-state index is 0.433. The lowest BCUT2D eigenvalue weighted by molar-refractivity contribution is 0.144. The fourth-order valence-electron chi connectivity index (χ4n) is 3.30. The summed E-state index contributed by atoms with van der Waals surface area (Å²) in [6.07, 6.45) is 5.02. The topological polar surface area (TPSA) is 9.23 Å². The van der Waals surface area contributed by atoms with Crippen molar-refractivity contribution in [3.63, 3.8) is 0 Å². The van der Waals surface area contributed by atoms with Crippen LogP contribution < -0.4 is 0 Å². The molecular weight excluding hydrogens is 208 g/mol. The van der Waals surface area contributed by atoms with E-state index in [-0.39, 0.29) is 0 Å². The normalized spacial score (nSPS) is 29.2. The van der Waals surface area contributed by atoms with Crippen molar-refractivity contribution in [1.29, 1.82) is 0 Å². The molecule has 1 heteroatoms. The van der Waals surface area contributed by atoms with E-state index in [0.717, 1.165) is 18.9 Å². The summed E-state index contributed by atoms with van der Waals surface area (Å²) >= 11 is 0. The summed E-state index contributed by atoms with van der Waals surface area (Å²) in [6, 6.07) is 0. The molecule has 0 bridgehead atoms. The lowest BCUT2D eigenvalue weighted by Gasteiger charge is -2.33. The molecular formula is C16H30O. The molecule has 0 aromatic rings. The second kappa shape index (κ2) is 6.04. The monoisotopic (exact) mass is 238 g/mol. The Morgan fingerprint density at radius 2 is 2.06 bits per heavy atom. The minimum Gasteiger partial charge on any atom is -0.384 e.